The highest BCUT2D eigenvalue weighted by molar-refractivity contribution is 5.75. The lowest BCUT2D eigenvalue weighted by Crippen LogP contribution is -2.53. The highest BCUT2D eigenvalue weighted by atomic mass is 16.5. The zero-order chi connectivity index (χ0) is 10.7. The second-order valence-corrected chi connectivity index (χ2v) is 4.42. The van der Waals surface area contributed by atoms with Gasteiger partial charge in [0.15, 0.2) is 0 Å². The van der Waals surface area contributed by atoms with E-state index in [9.17, 15) is 4.79 Å². The number of morpholine rings is 1. The molecule has 2 fully saturated rings. The zero-order valence-corrected chi connectivity index (χ0v) is 9.37. The minimum absolute atomic E-state index is 0.110. The lowest BCUT2D eigenvalue weighted by Gasteiger charge is -2.34. The number of amides is 2. The van der Waals surface area contributed by atoms with Gasteiger partial charge in [-0.2, -0.15) is 0 Å². The van der Waals surface area contributed by atoms with E-state index in [0.29, 0.717) is 12.1 Å². The van der Waals surface area contributed by atoms with E-state index >= 15 is 0 Å². The molecule has 0 spiro atoms. The topological polar surface area (TPSA) is 41.6 Å². The van der Waals surface area contributed by atoms with Gasteiger partial charge in [-0.05, 0) is 19.3 Å². The average Bonchev–Trinajstić information content (AvgIpc) is 2.49. The summed E-state index contributed by atoms with van der Waals surface area (Å²) >= 11 is 0. The molecule has 15 heavy (non-hydrogen) atoms. The summed E-state index contributed by atoms with van der Waals surface area (Å²) in [4.78, 5) is 13.9. The van der Waals surface area contributed by atoms with Gasteiger partial charge in [0.25, 0.3) is 0 Å². The molecular weight excluding hydrogens is 192 g/mol. The molecule has 0 saturated carbocycles. The Morgan fingerprint density at radius 3 is 2.67 bits per heavy atom. The highest BCUT2D eigenvalue weighted by Gasteiger charge is 2.40. The molecule has 1 N–H and O–H groups in total. The van der Waals surface area contributed by atoms with Crippen LogP contribution in [0.5, 0.6) is 0 Å². The molecule has 2 atom stereocenters. The lowest BCUT2D eigenvalue weighted by molar-refractivity contribution is 0.00642. The highest BCUT2D eigenvalue weighted by Crippen LogP contribution is 2.28. The molecule has 2 unspecified atom stereocenters. The van der Waals surface area contributed by atoms with Gasteiger partial charge in [-0.3, -0.25) is 0 Å². The average molecular weight is 212 g/mol. The minimum Gasteiger partial charge on any atom is -0.377 e. The van der Waals surface area contributed by atoms with Crippen LogP contribution in [-0.2, 0) is 4.74 Å². The predicted molar refractivity (Wildman–Crippen MR) is 57.8 cm³/mol. The van der Waals surface area contributed by atoms with Crippen molar-refractivity contribution in [2.24, 2.45) is 0 Å². The van der Waals surface area contributed by atoms with Crippen molar-refractivity contribution in [3.05, 3.63) is 0 Å². The fourth-order valence-electron chi connectivity index (χ4n) is 2.42. The summed E-state index contributed by atoms with van der Waals surface area (Å²) in [5.41, 5.74) is 0. The van der Waals surface area contributed by atoms with Crippen molar-refractivity contribution in [1.82, 2.24) is 10.2 Å². The SMILES string of the molecule is CCCCNC(=O)N1C2CCC1COC2. The molecular formula is C11H20N2O2. The molecule has 4 heteroatoms. The molecule has 0 radical (unpaired) electrons. The third-order valence-electron chi connectivity index (χ3n) is 3.28. The molecule has 0 aromatic rings. The molecule has 2 aliphatic heterocycles. The third-order valence-corrected chi connectivity index (χ3v) is 3.28. The number of urea groups is 1. The van der Waals surface area contributed by atoms with Gasteiger partial charge < -0.3 is 15.0 Å². The fraction of sp³-hybridized carbons (Fsp3) is 0.909. The van der Waals surface area contributed by atoms with Crippen molar-refractivity contribution in [3.8, 4) is 0 Å². The third kappa shape index (κ3) is 2.25. The van der Waals surface area contributed by atoms with E-state index in [1.165, 1.54) is 0 Å². The first-order valence-electron chi connectivity index (χ1n) is 5.97. The maximum absolute atomic E-state index is 11.9. The zero-order valence-electron chi connectivity index (χ0n) is 9.37. The Labute approximate surface area is 91.0 Å². The first-order valence-corrected chi connectivity index (χ1v) is 5.97. The first kappa shape index (κ1) is 10.7. The monoisotopic (exact) mass is 212 g/mol. The largest absolute Gasteiger partial charge is 0.377 e. The van der Waals surface area contributed by atoms with E-state index in [-0.39, 0.29) is 6.03 Å². The van der Waals surface area contributed by atoms with E-state index in [1.54, 1.807) is 0 Å². The lowest BCUT2D eigenvalue weighted by atomic mass is 10.2. The predicted octanol–water partition coefficient (Wildman–Crippen LogP) is 1.36. The van der Waals surface area contributed by atoms with E-state index in [0.717, 1.165) is 45.4 Å². The van der Waals surface area contributed by atoms with Crippen LogP contribution in [0.4, 0.5) is 4.79 Å². The van der Waals surface area contributed by atoms with Gasteiger partial charge in [0.2, 0.25) is 0 Å². The van der Waals surface area contributed by atoms with Crippen LogP contribution in [0.1, 0.15) is 32.6 Å². The van der Waals surface area contributed by atoms with Gasteiger partial charge >= 0.3 is 6.03 Å². The number of unbranched alkanes of at least 4 members (excludes halogenated alkanes) is 1. The van der Waals surface area contributed by atoms with Crippen molar-refractivity contribution in [2.75, 3.05) is 19.8 Å². The fourth-order valence-corrected chi connectivity index (χ4v) is 2.42. The Morgan fingerprint density at radius 1 is 1.40 bits per heavy atom. The van der Waals surface area contributed by atoms with Crippen LogP contribution in [0.25, 0.3) is 0 Å². The van der Waals surface area contributed by atoms with Crippen molar-refractivity contribution in [2.45, 2.75) is 44.7 Å². The van der Waals surface area contributed by atoms with Gasteiger partial charge in [0, 0.05) is 6.54 Å². The van der Waals surface area contributed by atoms with Gasteiger partial charge in [-0.25, -0.2) is 4.79 Å². The van der Waals surface area contributed by atoms with Crippen LogP contribution in [0, 0.1) is 0 Å². The van der Waals surface area contributed by atoms with Gasteiger partial charge in [0.05, 0.1) is 25.3 Å². The van der Waals surface area contributed by atoms with E-state index < -0.39 is 0 Å². The summed E-state index contributed by atoms with van der Waals surface area (Å²) in [6.45, 7) is 4.37. The first-order chi connectivity index (χ1) is 7.33. The van der Waals surface area contributed by atoms with Crippen LogP contribution in [0.3, 0.4) is 0 Å². The second-order valence-electron chi connectivity index (χ2n) is 4.42. The molecule has 2 aliphatic rings. The number of ether oxygens (including phenoxy) is 1. The summed E-state index contributed by atoms with van der Waals surface area (Å²) in [6, 6.07) is 0.759. The Balaban J connectivity index is 1.84. The van der Waals surface area contributed by atoms with E-state index in [2.05, 4.69) is 12.2 Å². The molecule has 2 amide bonds. The number of nitrogens with zero attached hydrogens (tertiary/aromatic N) is 1. The van der Waals surface area contributed by atoms with Gasteiger partial charge in [0.1, 0.15) is 0 Å². The number of nitrogens with one attached hydrogen (secondary N) is 1. The van der Waals surface area contributed by atoms with Crippen LogP contribution in [0.15, 0.2) is 0 Å². The van der Waals surface area contributed by atoms with Crippen LogP contribution in [-0.4, -0.2) is 42.8 Å². The molecule has 2 rings (SSSR count). The second kappa shape index (κ2) is 4.84. The summed E-state index contributed by atoms with van der Waals surface area (Å²) in [7, 11) is 0. The quantitative estimate of drug-likeness (QED) is 0.718. The minimum atomic E-state index is 0.110. The molecule has 2 heterocycles. The number of hydrogen-bond acceptors (Lipinski definition) is 2. The van der Waals surface area contributed by atoms with Gasteiger partial charge in [-0.15, -0.1) is 0 Å². The Morgan fingerprint density at radius 2 is 2.07 bits per heavy atom. The van der Waals surface area contributed by atoms with Crippen LogP contribution < -0.4 is 5.32 Å². The normalized spacial score (nSPS) is 29.3. The molecule has 2 saturated heterocycles. The number of fused-ring (bicyclic) bond motifs is 2. The van der Waals surface area contributed by atoms with Crippen LogP contribution >= 0.6 is 0 Å². The van der Waals surface area contributed by atoms with E-state index in [1.807, 2.05) is 4.90 Å². The van der Waals surface area contributed by atoms with E-state index in [4.69, 9.17) is 4.74 Å². The molecule has 0 aromatic carbocycles. The molecule has 0 aromatic heterocycles. The van der Waals surface area contributed by atoms with Crippen LogP contribution in [0.2, 0.25) is 0 Å². The summed E-state index contributed by atoms with van der Waals surface area (Å²) in [6.07, 6.45) is 4.39. The molecule has 4 nitrogen and oxygen atoms in total. The summed E-state index contributed by atoms with van der Waals surface area (Å²) < 4.78 is 5.44. The number of carbonyl (C=O) groups is 1. The number of carbonyl (C=O) groups excluding carboxylic acids is 1. The summed E-state index contributed by atoms with van der Waals surface area (Å²) in [5.74, 6) is 0. The summed E-state index contributed by atoms with van der Waals surface area (Å²) in [5, 5.41) is 2.99. The smallest absolute Gasteiger partial charge is 0.318 e. The Hall–Kier alpha value is -0.770. The maximum atomic E-state index is 11.9. The molecule has 86 valence electrons. The maximum Gasteiger partial charge on any atom is 0.318 e. The standard InChI is InChI=1S/C11H20N2O2/c1-2-3-6-12-11(14)13-9-4-5-10(13)8-15-7-9/h9-10H,2-8H2,1H3,(H,12,14). The van der Waals surface area contributed by atoms with Crippen molar-refractivity contribution in [3.63, 3.8) is 0 Å². The Bertz CT molecular complexity index is 217. The van der Waals surface area contributed by atoms with Gasteiger partial charge in [-0.1, -0.05) is 13.3 Å². The number of rotatable bonds is 3. The Kier molecular flexibility index (Phi) is 3.46. The molecule has 2 bridgehead atoms. The van der Waals surface area contributed by atoms with Crippen molar-refractivity contribution in [1.29, 1.82) is 0 Å². The number of hydrogen-bond donors (Lipinski definition) is 1. The van der Waals surface area contributed by atoms with Crippen molar-refractivity contribution >= 4 is 6.03 Å². The molecule has 0 aliphatic carbocycles. The van der Waals surface area contributed by atoms with Crippen molar-refractivity contribution < 1.29 is 9.53 Å².